The molecule has 3 aromatic rings. The van der Waals surface area contributed by atoms with Gasteiger partial charge in [-0.3, -0.25) is 9.59 Å². The Morgan fingerprint density at radius 1 is 0.846 bits per heavy atom. The Morgan fingerprint density at radius 3 is 2.15 bits per heavy atom. The first-order valence-electron chi connectivity index (χ1n) is 12.6. The Labute approximate surface area is 228 Å². The van der Waals surface area contributed by atoms with E-state index in [0.717, 1.165) is 17.3 Å². The maximum atomic E-state index is 13.1. The molecule has 2 aliphatic heterocycles. The van der Waals surface area contributed by atoms with Gasteiger partial charge in [-0.25, -0.2) is 4.98 Å². The summed E-state index contributed by atoms with van der Waals surface area (Å²) in [6.07, 6.45) is -4.40. The molecule has 0 saturated carbocycles. The average molecular weight is 560 g/mol. The number of thiazole rings is 1. The van der Waals surface area contributed by atoms with E-state index in [-0.39, 0.29) is 11.8 Å². The van der Waals surface area contributed by atoms with Gasteiger partial charge in [0.2, 0.25) is 0 Å². The van der Waals surface area contributed by atoms with Crippen molar-refractivity contribution in [2.75, 3.05) is 69.3 Å². The van der Waals surface area contributed by atoms with Crippen LogP contribution in [0.5, 0.6) is 5.75 Å². The minimum absolute atomic E-state index is 0.0774. The molecule has 12 heteroatoms. The summed E-state index contributed by atoms with van der Waals surface area (Å²) < 4.78 is 44.6. The molecule has 1 aromatic heterocycles. The summed E-state index contributed by atoms with van der Waals surface area (Å²) in [5, 5.41) is 2.47. The number of alkyl halides is 3. The highest BCUT2D eigenvalue weighted by atomic mass is 32.1. The lowest BCUT2D eigenvalue weighted by molar-refractivity contribution is -0.137. The Kier molecular flexibility index (Phi) is 7.65. The molecule has 2 aliphatic rings. The molecule has 0 bridgehead atoms. The molecule has 206 valence electrons. The van der Waals surface area contributed by atoms with Gasteiger partial charge in [0.1, 0.15) is 11.4 Å². The third-order valence-electron chi connectivity index (χ3n) is 6.99. The van der Waals surface area contributed by atoms with Crippen molar-refractivity contribution < 1.29 is 27.5 Å². The summed E-state index contributed by atoms with van der Waals surface area (Å²) in [6, 6.07) is 12.4. The van der Waals surface area contributed by atoms with Crippen LogP contribution in [-0.2, 0) is 6.18 Å². The lowest BCUT2D eigenvalue weighted by atomic mass is 10.1. The molecular weight excluding hydrogens is 531 g/mol. The van der Waals surface area contributed by atoms with Crippen LogP contribution >= 0.6 is 11.3 Å². The third kappa shape index (κ3) is 5.80. The quantitative estimate of drug-likeness (QED) is 0.469. The summed E-state index contributed by atoms with van der Waals surface area (Å²) in [5.74, 6) is 0.279. The number of methoxy groups -OCH3 is 1. The first-order chi connectivity index (χ1) is 18.7. The predicted octanol–water partition coefficient (Wildman–Crippen LogP) is 4.10. The molecule has 2 aromatic carbocycles. The van der Waals surface area contributed by atoms with E-state index in [1.54, 1.807) is 40.5 Å². The first kappa shape index (κ1) is 26.8. The molecule has 0 spiro atoms. The molecule has 0 aliphatic carbocycles. The molecule has 39 heavy (non-hydrogen) atoms. The second-order valence-electron chi connectivity index (χ2n) is 9.32. The maximum absolute atomic E-state index is 13.1. The highest BCUT2D eigenvalue weighted by molar-refractivity contribution is 7.13. The van der Waals surface area contributed by atoms with Crippen molar-refractivity contribution in [3.05, 3.63) is 70.7 Å². The van der Waals surface area contributed by atoms with Gasteiger partial charge in [-0.05, 0) is 30.3 Å². The van der Waals surface area contributed by atoms with E-state index in [2.05, 4.69) is 9.88 Å². The number of hydrogen-bond acceptors (Lipinski definition) is 7. The van der Waals surface area contributed by atoms with Crippen LogP contribution in [0.3, 0.4) is 0 Å². The highest BCUT2D eigenvalue weighted by Gasteiger charge is 2.32. The zero-order chi connectivity index (χ0) is 27.6. The fourth-order valence-corrected chi connectivity index (χ4v) is 5.66. The summed E-state index contributed by atoms with van der Waals surface area (Å²) in [4.78, 5) is 38.1. The summed E-state index contributed by atoms with van der Waals surface area (Å²) in [5.41, 5.74) is 0.702. The fraction of sp³-hybridized carbons (Fsp3) is 0.370. The Hall–Kier alpha value is -3.80. The zero-order valence-electron chi connectivity index (χ0n) is 21.4. The zero-order valence-corrected chi connectivity index (χ0v) is 22.2. The van der Waals surface area contributed by atoms with E-state index in [4.69, 9.17) is 4.74 Å². The lowest BCUT2D eigenvalue weighted by Crippen LogP contribution is -2.49. The number of anilines is 2. The van der Waals surface area contributed by atoms with Crippen molar-refractivity contribution in [1.82, 2.24) is 14.8 Å². The minimum Gasteiger partial charge on any atom is -0.496 e. The van der Waals surface area contributed by atoms with E-state index < -0.39 is 11.7 Å². The standard InChI is InChI=1S/C27H28F3N5O3S/c1-38-23-8-3-2-7-21(23)24(36)33-13-15-35(16-14-33)26-31-22(18-39-26)25(37)34-11-9-32(10-12-34)20-6-4-5-19(17-20)27(28,29)30/h2-8,17-18H,9-16H2,1H3. The number of hydrogen-bond donors (Lipinski definition) is 0. The smallest absolute Gasteiger partial charge is 0.416 e. The predicted molar refractivity (Wildman–Crippen MR) is 143 cm³/mol. The number of carbonyl (C=O) groups excluding carboxylic acids is 2. The number of amides is 2. The molecule has 5 rings (SSSR count). The monoisotopic (exact) mass is 559 g/mol. The molecular formula is C27H28F3N5O3S. The van der Waals surface area contributed by atoms with Gasteiger partial charge >= 0.3 is 6.18 Å². The second-order valence-corrected chi connectivity index (χ2v) is 10.2. The molecule has 0 atom stereocenters. The highest BCUT2D eigenvalue weighted by Crippen LogP contribution is 2.32. The molecule has 3 heterocycles. The van der Waals surface area contributed by atoms with Crippen LogP contribution < -0.4 is 14.5 Å². The molecule has 8 nitrogen and oxygen atoms in total. The molecule has 2 fully saturated rings. The molecule has 2 amide bonds. The van der Waals surface area contributed by atoms with Gasteiger partial charge in [0, 0.05) is 63.4 Å². The minimum atomic E-state index is -4.40. The molecule has 2 saturated heterocycles. The number of nitrogens with zero attached hydrogens (tertiary/aromatic N) is 5. The van der Waals surface area contributed by atoms with E-state index in [1.165, 1.54) is 17.4 Å². The third-order valence-corrected chi connectivity index (χ3v) is 7.89. The van der Waals surface area contributed by atoms with Crippen molar-refractivity contribution in [3.8, 4) is 5.75 Å². The van der Waals surface area contributed by atoms with Crippen LogP contribution in [-0.4, -0.2) is 86.1 Å². The SMILES string of the molecule is COc1ccccc1C(=O)N1CCN(c2nc(C(=O)N3CCN(c4cccc(C(F)(F)F)c4)CC3)cs2)CC1. The summed E-state index contributed by atoms with van der Waals surface area (Å²) in [7, 11) is 1.54. The summed E-state index contributed by atoms with van der Waals surface area (Å²) >= 11 is 1.39. The normalized spacial score (nSPS) is 16.4. The number of piperazine rings is 2. The van der Waals surface area contributed by atoms with E-state index in [1.807, 2.05) is 17.0 Å². The van der Waals surface area contributed by atoms with Gasteiger partial charge in [0.05, 0.1) is 18.2 Å². The number of para-hydroxylation sites is 1. The first-order valence-corrected chi connectivity index (χ1v) is 13.5. The van der Waals surface area contributed by atoms with Gasteiger partial charge in [0.25, 0.3) is 11.8 Å². The van der Waals surface area contributed by atoms with Crippen molar-refractivity contribution in [2.45, 2.75) is 6.18 Å². The van der Waals surface area contributed by atoms with Crippen LogP contribution in [0, 0.1) is 0 Å². The van der Waals surface area contributed by atoms with E-state index in [9.17, 15) is 22.8 Å². The fourth-order valence-electron chi connectivity index (χ4n) is 4.81. The molecule has 0 N–H and O–H groups in total. The van der Waals surface area contributed by atoms with Gasteiger partial charge in [-0.2, -0.15) is 13.2 Å². The van der Waals surface area contributed by atoms with Crippen molar-refractivity contribution >= 4 is 34.0 Å². The second kappa shape index (κ2) is 11.1. The number of rotatable bonds is 5. The number of halogens is 3. The largest absolute Gasteiger partial charge is 0.496 e. The number of ether oxygens (including phenoxy) is 1. The van der Waals surface area contributed by atoms with Crippen LogP contribution in [0.15, 0.2) is 53.9 Å². The van der Waals surface area contributed by atoms with E-state index in [0.29, 0.717) is 75.1 Å². The number of aromatic nitrogens is 1. The number of benzene rings is 2. The number of carbonyl (C=O) groups is 2. The average Bonchev–Trinajstić information content (AvgIpc) is 3.47. The van der Waals surface area contributed by atoms with Crippen LogP contribution in [0.1, 0.15) is 26.4 Å². The van der Waals surface area contributed by atoms with Crippen LogP contribution in [0.25, 0.3) is 0 Å². The molecule has 0 radical (unpaired) electrons. The molecule has 0 unspecified atom stereocenters. The van der Waals surface area contributed by atoms with Gasteiger partial charge in [0.15, 0.2) is 5.13 Å². The van der Waals surface area contributed by atoms with Crippen molar-refractivity contribution in [3.63, 3.8) is 0 Å². The van der Waals surface area contributed by atoms with Gasteiger partial charge in [-0.15, -0.1) is 11.3 Å². The van der Waals surface area contributed by atoms with Crippen molar-refractivity contribution in [2.24, 2.45) is 0 Å². The van der Waals surface area contributed by atoms with Crippen LogP contribution in [0.4, 0.5) is 24.0 Å². The van der Waals surface area contributed by atoms with Gasteiger partial charge in [-0.1, -0.05) is 18.2 Å². The Bertz CT molecular complexity index is 1330. The van der Waals surface area contributed by atoms with Crippen LogP contribution in [0.2, 0.25) is 0 Å². The topological polar surface area (TPSA) is 69.2 Å². The van der Waals surface area contributed by atoms with Crippen molar-refractivity contribution in [1.29, 1.82) is 0 Å². The lowest BCUT2D eigenvalue weighted by Gasteiger charge is -2.36. The Balaban J connectivity index is 1.15. The van der Waals surface area contributed by atoms with Gasteiger partial charge < -0.3 is 24.3 Å². The summed E-state index contributed by atoms with van der Waals surface area (Å²) in [6.45, 7) is 3.90. The Morgan fingerprint density at radius 2 is 1.49 bits per heavy atom. The maximum Gasteiger partial charge on any atom is 0.416 e. The van der Waals surface area contributed by atoms with E-state index >= 15 is 0 Å².